The topological polar surface area (TPSA) is 29.0 Å². The molecule has 1 unspecified atom stereocenters. The highest BCUT2D eigenvalue weighted by molar-refractivity contribution is 6.30. The molecule has 0 saturated carbocycles. The van der Waals surface area contributed by atoms with Gasteiger partial charge in [-0.3, -0.25) is 0 Å². The van der Waals surface area contributed by atoms with Crippen LogP contribution in [0.5, 0.6) is 0 Å². The molecule has 1 aliphatic heterocycles. The third-order valence-corrected chi connectivity index (χ3v) is 3.66. The van der Waals surface area contributed by atoms with Gasteiger partial charge in [0.15, 0.2) is 0 Å². The lowest BCUT2D eigenvalue weighted by molar-refractivity contribution is 0.638. The van der Waals surface area contributed by atoms with Gasteiger partial charge in [-0.25, -0.2) is 9.97 Å². The zero-order valence-corrected chi connectivity index (χ0v) is 10.9. The Morgan fingerprint density at radius 1 is 1.38 bits per heavy atom. The Labute approximate surface area is 102 Å². The fourth-order valence-corrected chi connectivity index (χ4v) is 2.61. The first-order valence-corrected chi connectivity index (χ1v) is 6.28. The Balaban J connectivity index is 2.39. The van der Waals surface area contributed by atoms with E-state index >= 15 is 0 Å². The summed E-state index contributed by atoms with van der Waals surface area (Å²) in [5.74, 6) is 1.79. The molecular weight excluding hydrogens is 222 g/mol. The van der Waals surface area contributed by atoms with E-state index in [1.807, 2.05) is 13.8 Å². The maximum absolute atomic E-state index is 6.11. The van der Waals surface area contributed by atoms with Crippen LogP contribution in [0.4, 0.5) is 5.82 Å². The van der Waals surface area contributed by atoms with Crippen molar-refractivity contribution in [3.05, 3.63) is 16.5 Å². The molecule has 16 heavy (non-hydrogen) atoms. The van der Waals surface area contributed by atoms with E-state index in [9.17, 15) is 0 Å². The van der Waals surface area contributed by atoms with Gasteiger partial charge in [-0.2, -0.15) is 0 Å². The number of aryl methyl sites for hydroxylation is 1. The molecule has 0 spiro atoms. The summed E-state index contributed by atoms with van der Waals surface area (Å²) in [5.41, 5.74) is 1.01. The first kappa shape index (κ1) is 11.6. The predicted molar refractivity (Wildman–Crippen MR) is 67.2 cm³/mol. The van der Waals surface area contributed by atoms with Crippen LogP contribution in [0.1, 0.15) is 37.6 Å². The fraction of sp³-hybridized carbons (Fsp3) is 0.667. The van der Waals surface area contributed by atoms with Crippen molar-refractivity contribution < 1.29 is 0 Å². The maximum Gasteiger partial charge on any atom is 0.137 e. The van der Waals surface area contributed by atoms with Crippen molar-refractivity contribution in [3.63, 3.8) is 0 Å². The Morgan fingerprint density at radius 2 is 2.12 bits per heavy atom. The van der Waals surface area contributed by atoms with Gasteiger partial charge in [0.1, 0.15) is 16.8 Å². The van der Waals surface area contributed by atoms with Crippen molar-refractivity contribution >= 4 is 17.4 Å². The first-order chi connectivity index (χ1) is 7.63. The standard InChI is InChI=1S/C12H18ClN3/c1-4-10-6-5-7-16(10)12-8(2)11(13)14-9(3)15-12/h10H,4-7H2,1-3H3. The van der Waals surface area contributed by atoms with Crippen molar-refractivity contribution in [3.8, 4) is 0 Å². The average molecular weight is 240 g/mol. The second-order valence-electron chi connectivity index (χ2n) is 4.41. The number of rotatable bonds is 2. The van der Waals surface area contributed by atoms with Gasteiger partial charge in [-0.1, -0.05) is 18.5 Å². The van der Waals surface area contributed by atoms with E-state index in [1.165, 1.54) is 19.3 Å². The molecule has 1 atom stereocenters. The molecule has 0 aliphatic carbocycles. The van der Waals surface area contributed by atoms with Crippen LogP contribution in [0, 0.1) is 13.8 Å². The van der Waals surface area contributed by atoms with Crippen molar-refractivity contribution in [2.45, 2.75) is 46.1 Å². The molecule has 1 aromatic rings. The summed E-state index contributed by atoms with van der Waals surface area (Å²) in [6.07, 6.45) is 3.68. The Kier molecular flexibility index (Phi) is 3.33. The molecular formula is C12H18ClN3. The molecule has 3 nitrogen and oxygen atoms in total. The number of hydrogen-bond acceptors (Lipinski definition) is 3. The number of hydrogen-bond donors (Lipinski definition) is 0. The molecule has 0 radical (unpaired) electrons. The third kappa shape index (κ3) is 2.01. The van der Waals surface area contributed by atoms with Gasteiger partial charge in [0.2, 0.25) is 0 Å². The van der Waals surface area contributed by atoms with Gasteiger partial charge < -0.3 is 4.90 Å². The van der Waals surface area contributed by atoms with E-state index in [2.05, 4.69) is 21.8 Å². The zero-order chi connectivity index (χ0) is 11.7. The van der Waals surface area contributed by atoms with Crippen LogP contribution in [0.25, 0.3) is 0 Å². The fourth-order valence-electron chi connectivity index (χ4n) is 2.40. The van der Waals surface area contributed by atoms with Crippen LogP contribution < -0.4 is 4.90 Å². The molecule has 1 saturated heterocycles. The molecule has 0 N–H and O–H groups in total. The van der Waals surface area contributed by atoms with Crippen LogP contribution in [-0.2, 0) is 0 Å². The van der Waals surface area contributed by atoms with Crippen LogP contribution >= 0.6 is 11.6 Å². The normalized spacial score (nSPS) is 20.5. The van der Waals surface area contributed by atoms with Gasteiger partial charge in [0.05, 0.1) is 0 Å². The quantitative estimate of drug-likeness (QED) is 0.743. The van der Waals surface area contributed by atoms with Crippen molar-refractivity contribution in [2.24, 2.45) is 0 Å². The Bertz CT molecular complexity index is 392. The van der Waals surface area contributed by atoms with Crippen LogP contribution in [0.15, 0.2) is 0 Å². The molecule has 1 aliphatic rings. The number of aromatic nitrogens is 2. The lowest BCUT2D eigenvalue weighted by Crippen LogP contribution is -2.30. The maximum atomic E-state index is 6.11. The number of halogens is 1. The van der Waals surface area contributed by atoms with E-state index in [0.717, 1.165) is 23.8 Å². The molecule has 1 aromatic heterocycles. The van der Waals surface area contributed by atoms with Gasteiger partial charge in [0, 0.05) is 18.2 Å². The van der Waals surface area contributed by atoms with Crippen molar-refractivity contribution in [1.82, 2.24) is 9.97 Å². The minimum Gasteiger partial charge on any atom is -0.353 e. The summed E-state index contributed by atoms with van der Waals surface area (Å²) in [6.45, 7) is 7.22. The van der Waals surface area contributed by atoms with Crippen LogP contribution in [0.3, 0.4) is 0 Å². The minimum absolute atomic E-state index is 0.587. The van der Waals surface area contributed by atoms with Gasteiger partial charge in [-0.15, -0.1) is 0 Å². The zero-order valence-electron chi connectivity index (χ0n) is 10.1. The van der Waals surface area contributed by atoms with E-state index < -0.39 is 0 Å². The molecule has 4 heteroatoms. The summed E-state index contributed by atoms with van der Waals surface area (Å²) in [5, 5.41) is 0.587. The second kappa shape index (κ2) is 4.58. The van der Waals surface area contributed by atoms with Crippen molar-refractivity contribution in [2.75, 3.05) is 11.4 Å². The molecule has 1 fully saturated rings. The highest BCUT2D eigenvalue weighted by Crippen LogP contribution is 2.30. The number of anilines is 1. The predicted octanol–water partition coefficient (Wildman–Crippen LogP) is 3.13. The average Bonchev–Trinajstić information content (AvgIpc) is 2.71. The lowest BCUT2D eigenvalue weighted by Gasteiger charge is -2.26. The summed E-state index contributed by atoms with van der Waals surface area (Å²) >= 11 is 6.11. The summed E-state index contributed by atoms with van der Waals surface area (Å²) in [4.78, 5) is 11.1. The molecule has 0 amide bonds. The van der Waals surface area contributed by atoms with E-state index in [-0.39, 0.29) is 0 Å². The van der Waals surface area contributed by atoms with Crippen molar-refractivity contribution in [1.29, 1.82) is 0 Å². The SMILES string of the molecule is CCC1CCCN1c1nc(C)nc(Cl)c1C. The van der Waals surface area contributed by atoms with Gasteiger partial charge in [-0.05, 0) is 33.1 Å². The monoisotopic (exact) mass is 239 g/mol. The first-order valence-electron chi connectivity index (χ1n) is 5.91. The summed E-state index contributed by atoms with van der Waals surface area (Å²) < 4.78 is 0. The second-order valence-corrected chi connectivity index (χ2v) is 4.77. The smallest absolute Gasteiger partial charge is 0.137 e. The Morgan fingerprint density at radius 3 is 2.81 bits per heavy atom. The molecule has 2 heterocycles. The van der Waals surface area contributed by atoms with E-state index in [4.69, 9.17) is 11.6 Å². The minimum atomic E-state index is 0.587. The largest absolute Gasteiger partial charge is 0.353 e. The molecule has 88 valence electrons. The molecule has 2 rings (SSSR count). The highest BCUT2D eigenvalue weighted by atomic mass is 35.5. The Hall–Kier alpha value is -0.830. The number of nitrogens with zero attached hydrogens (tertiary/aromatic N) is 3. The molecule has 0 bridgehead atoms. The van der Waals surface area contributed by atoms with Gasteiger partial charge >= 0.3 is 0 Å². The van der Waals surface area contributed by atoms with Crippen LogP contribution in [-0.4, -0.2) is 22.6 Å². The summed E-state index contributed by atoms with van der Waals surface area (Å²) in [6, 6.07) is 0.615. The molecule has 0 aromatic carbocycles. The van der Waals surface area contributed by atoms with Gasteiger partial charge in [0.25, 0.3) is 0 Å². The third-order valence-electron chi connectivity index (χ3n) is 3.29. The van der Waals surface area contributed by atoms with E-state index in [0.29, 0.717) is 11.2 Å². The van der Waals surface area contributed by atoms with E-state index in [1.54, 1.807) is 0 Å². The summed E-state index contributed by atoms with van der Waals surface area (Å²) in [7, 11) is 0. The lowest BCUT2D eigenvalue weighted by atomic mass is 10.1. The highest BCUT2D eigenvalue weighted by Gasteiger charge is 2.26. The van der Waals surface area contributed by atoms with Crippen LogP contribution in [0.2, 0.25) is 5.15 Å².